The molecule has 2 aromatic rings. The lowest BCUT2D eigenvalue weighted by atomic mass is 10.2. The third-order valence-electron chi connectivity index (χ3n) is 1.75. The fourth-order valence-electron chi connectivity index (χ4n) is 1.05. The Morgan fingerprint density at radius 3 is 2.47 bits per heavy atom. The van der Waals surface area contributed by atoms with E-state index in [1.54, 1.807) is 12.1 Å². The fourth-order valence-corrected chi connectivity index (χ4v) is 1.05. The van der Waals surface area contributed by atoms with Crippen molar-refractivity contribution in [1.29, 1.82) is 0 Å². The Morgan fingerprint density at radius 2 is 1.93 bits per heavy atom. The van der Waals surface area contributed by atoms with Crippen LogP contribution in [-0.2, 0) is 6.54 Å². The number of nitrogens with zero attached hydrogens (tertiary/aromatic N) is 2. The third kappa shape index (κ3) is 2.51. The summed E-state index contributed by atoms with van der Waals surface area (Å²) in [4.78, 5) is 4.00. The van der Waals surface area contributed by atoms with E-state index in [2.05, 4.69) is 10.1 Å². The van der Waals surface area contributed by atoms with E-state index in [1.807, 2.05) is 0 Å². The molecule has 2 rings (SSSR count). The second-order valence-corrected chi connectivity index (χ2v) is 2.72. The number of hydrogen-bond acceptors (Lipinski definition) is 4. The molecule has 0 aliphatic rings. The Morgan fingerprint density at radius 1 is 1.27 bits per heavy atom. The molecule has 0 saturated heterocycles. The SMILES string of the molecule is Cl.NCc1nc(-c2ccc(F)cc2)no1. The van der Waals surface area contributed by atoms with Gasteiger partial charge >= 0.3 is 0 Å². The van der Waals surface area contributed by atoms with Crippen LogP contribution in [0, 0.1) is 5.82 Å². The summed E-state index contributed by atoms with van der Waals surface area (Å²) >= 11 is 0. The number of hydrogen-bond donors (Lipinski definition) is 1. The first-order valence-corrected chi connectivity index (χ1v) is 4.08. The molecule has 6 heteroatoms. The van der Waals surface area contributed by atoms with Gasteiger partial charge in [0.15, 0.2) is 0 Å². The Balaban J connectivity index is 0.00000112. The molecule has 0 radical (unpaired) electrons. The highest BCUT2D eigenvalue weighted by atomic mass is 35.5. The summed E-state index contributed by atoms with van der Waals surface area (Å²) in [6, 6.07) is 5.85. The van der Waals surface area contributed by atoms with Gasteiger partial charge in [-0.05, 0) is 24.3 Å². The minimum absolute atomic E-state index is 0. The van der Waals surface area contributed by atoms with Crippen molar-refractivity contribution < 1.29 is 8.91 Å². The minimum Gasteiger partial charge on any atom is -0.338 e. The highest BCUT2D eigenvalue weighted by molar-refractivity contribution is 5.85. The second kappa shape index (κ2) is 4.86. The van der Waals surface area contributed by atoms with Crippen LogP contribution in [0.5, 0.6) is 0 Å². The van der Waals surface area contributed by atoms with Crippen LogP contribution in [0.1, 0.15) is 5.89 Å². The van der Waals surface area contributed by atoms with Gasteiger partial charge in [0.25, 0.3) is 0 Å². The van der Waals surface area contributed by atoms with Crippen LogP contribution in [0.4, 0.5) is 4.39 Å². The Hall–Kier alpha value is -1.46. The molecule has 0 aliphatic carbocycles. The summed E-state index contributed by atoms with van der Waals surface area (Å²) in [6.45, 7) is 0.203. The molecule has 1 aromatic heterocycles. The van der Waals surface area contributed by atoms with Gasteiger partial charge in [-0.1, -0.05) is 5.16 Å². The average molecular weight is 230 g/mol. The van der Waals surface area contributed by atoms with Crippen molar-refractivity contribution in [1.82, 2.24) is 10.1 Å². The molecule has 4 nitrogen and oxygen atoms in total. The van der Waals surface area contributed by atoms with E-state index in [0.29, 0.717) is 17.3 Å². The highest BCUT2D eigenvalue weighted by Crippen LogP contribution is 2.15. The van der Waals surface area contributed by atoms with Crippen molar-refractivity contribution >= 4 is 12.4 Å². The molecule has 0 unspecified atom stereocenters. The zero-order valence-electron chi connectivity index (χ0n) is 7.68. The lowest BCUT2D eigenvalue weighted by molar-refractivity contribution is 0.380. The van der Waals surface area contributed by atoms with Gasteiger partial charge in [-0.25, -0.2) is 4.39 Å². The normalized spacial score (nSPS) is 9.73. The minimum atomic E-state index is -0.295. The van der Waals surface area contributed by atoms with Gasteiger partial charge in [0.05, 0.1) is 6.54 Å². The summed E-state index contributed by atoms with van der Waals surface area (Å²) in [7, 11) is 0. The van der Waals surface area contributed by atoms with Gasteiger partial charge in [-0.3, -0.25) is 0 Å². The molecule has 0 atom stereocenters. The van der Waals surface area contributed by atoms with Crippen molar-refractivity contribution in [3.8, 4) is 11.4 Å². The van der Waals surface area contributed by atoms with Gasteiger partial charge < -0.3 is 10.3 Å². The second-order valence-electron chi connectivity index (χ2n) is 2.72. The number of benzene rings is 1. The van der Waals surface area contributed by atoms with Crippen molar-refractivity contribution in [3.05, 3.63) is 36.0 Å². The van der Waals surface area contributed by atoms with Crippen LogP contribution in [0.3, 0.4) is 0 Å². The number of rotatable bonds is 2. The lowest BCUT2D eigenvalue weighted by Gasteiger charge is -1.92. The molecule has 1 aromatic carbocycles. The summed E-state index contributed by atoms with van der Waals surface area (Å²) in [5, 5.41) is 3.70. The van der Waals surface area contributed by atoms with Crippen molar-refractivity contribution in [2.75, 3.05) is 0 Å². The van der Waals surface area contributed by atoms with Crippen LogP contribution >= 0.6 is 12.4 Å². The van der Waals surface area contributed by atoms with E-state index >= 15 is 0 Å². The van der Waals surface area contributed by atoms with Crippen LogP contribution in [-0.4, -0.2) is 10.1 Å². The fraction of sp³-hybridized carbons (Fsp3) is 0.111. The van der Waals surface area contributed by atoms with Crippen LogP contribution < -0.4 is 5.73 Å². The summed E-state index contributed by atoms with van der Waals surface area (Å²) in [5.41, 5.74) is 6.01. The van der Waals surface area contributed by atoms with Gasteiger partial charge in [0, 0.05) is 5.56 Å². The largest absolute Gasteiger partial charge is 0.338 e. The monoisotopic (exact) mass is 229 g/mol. The standard InChI is InChI=1S/C9H8FN3O.ClH/c10-7-3-1-6(2-4-7)9-12-8(5-11)14-13-9;/h1-4H,5,11H2;1H. The van der Waals surface area contributed by atoms with Crippen LogP contribution in [0.2, 0.25) is 0 Å². The third-order valence-corrected chi connectivity index (χ3v) is 1.75. The quantitative estimate of drug-likeness (QED) is 0.852. The molecule has 2 N–H and O–H groups in total. The molecule has 0 bridgehead atoms. The first-order chi connectivity index (χ1) is 6.79. The van der Waals surface area contributed by atoms with E-state index in [1.165, 1.54) is 12.1 Å². The maximum atomic E-state index is 12.6. The number of aromatic nitrogens is 2. The predicted molar refractivity (Wildman–Crippen MR) is 54.8 cm³/mol. The van der Waals surface area contributed by atoms with Gasteiger partial charge in [0.1, 0.15) is 5.82 Å². The van der Waals surface area contributed by atoms with Crippen molar-refractivity contribution in [3.63, 3.8) is 0 Å². The van der Waals surface area contributed by atoms with E-state index in [4.69, 9.17) is 10.3 Å². The van der Waals surface area contributed by atoms with Gasteiger partial charge in [-0.15, -0.1) is 12.4 Å². The lowest BCUT2D eigenvalue weighted by Crippen LogP contribution is -1.95. The van der Waals surface area contributed by atoms with E-state index in [0.717, 1.165) is 0 Å². The zero-order valence-corrected chi connectivity index (χ0v) is 8.50. The molecule has 0 fully saturated rings. The Labute approximate surface area is 91.7 Å². The topological polar surface area (TPSA) is 64.9 Å². The van der Waals surface area contributed by atoms with E-state index in [-0.39, 0.29) is 24.8 Å². The molecular formula is C9H9ClFN3O. The zero-order chi connectivity index (χ0) is 9.97. The summed E-state index contributed by atoms with van der Waals surface area (Å²) in [6.07, 6.45) is 0. The molecule has 0 saturated carbocycles. The van der Waals surface area contributed by atoms with Gasteiger partial charge in [-0.2, -0.15) is 4.98 Å². The maximum absolute atomic E-state index is 12.6. The predicted octanol–water partition coefficient (Wildman–Crippen LogP) is 1.76. The number of halogens is 2. The average Bonchev–Trinajstić information content (AvgIpc) is 2.67. The summed E-state index contributed by atoms with van der Waals surface area (Å²) in [5.74, 6) is 0.492. The molecule has 15 heavy (non-hydrogen) atoms. The highest BCUT2D eigenvalue weighted by Gasteiger charge is 2.06. The first kappa shape index (κ1) is 11.6. The molecule has 0 aliphatic heterocycles. The van der Waals surface area contributed by atoms with Crippen LogP contribution in [0.15, 0.2) is 28.8 Å². The van der Waals surface area contributed by atoms with Crippen molar-refractivity contribution in [2.45, 2.75) is 6.54 Å². The van der Waals surface area contributed by atoms with E-state index in [9.17, 15) is 4.39 Å². The van der Waals surface area contributed by atoms with Gasteiger partial charge in [0.2, 0.25) is 11.7 Å². The van der Waals surface area contributed by atoms with E-state index < -0.39 is 0 Å². The number of nitrogens with two attached hydrogens (primary N) is 1. The molecule has 80 valence electrons. The molecule has 0 amide bonds. The first-order valence-electron chi connectivity index (χ1n) is 4.08. The Bertz CT molecular complexity index is 429. The molecule has 1 heterocycles. The molecular weight excluding hydrogens is 221 g/mol. The Kier molecular flexibility index (Phi) is 3.76. The molecule has 0 spiro atoms. The van der Waals surface area contributed by atoms with Crippen molar-refractivity contribution in [2.24, 2.45) is 5.73 Å². The summed E-state index contributed by atoms with van der Waals surface area (Å²) < 4.78 is 17.4. The smallest absolute Gasteiger partial charge is 0.240 e. The maximum Gasteiger partial charge on any atom is 0.240 e. The van der Waals surface area contributed by atoms with Crippen LogP contribution in [0.25, 0.3) is 11.4 Å².